The summed E-state index contributed by atoms with van der Waals surface area (Å²) in [6.45, 7) is -0.409. The number of aliphatic hydroxyl groups excluding tert-OH is 1. The second-order valence-electron chi connectivity index (χ2n) is 4.84. The first kappa shape index (κ1) is 16.1. The van der Waals surface area contributed by atoms with Crippen LogP contribution in [0.15, 0.2) is 12.7 Å². The lowest BCUT2D eigenvalue weighted by Crippen LogP contribution is -2.35. The molecule has 2 unspecified atom stereocenters. The van der Waals surface area contributed by atoms with Crippen LogP contribution in [0.3, 0.4) is 0 Å². The monoisotopic (exact) mass is 344 g/mol. The lowest BCUT2D eigenvalue weighted by molar-refractivity contribution is -0.0583. The van der Waals surface area contributed by atoms with E-state index in [1.54, 1.807) is 4.57 Å². The van der Waals surface area contributed by atoms with Crippen LogP contribution in [0.2, 0.25) is 0 Å². The highest BCUT2D eigenvalue weighted by Gasteiger charge is 2.51. The molecule has 1 saturated heterocycles. The van der Waals surface area contributed by atoms with Crippen molar-refractivity contribution >= 4 is 25.2 Å². The van der Waals surface area contributed by atoms with E-state index in [0.717, 1.165) is 0 Å². The summed E-state index contributed by atoms with van der Waals surface area (Å²) in [5.41, 5.74) is 6.55. The van der Waals surface area contributed by atoms with Crippen molar-refractivity contribution in [1.82, 2.24) is 19.5 Å². The van der Waals surface area contributed by atoms with Crippen LogP contribution in [-0.4, -0.2) is 61.5 Å². The zero-order valence-corrected chi connectivity index (χ0v) is 12.9. The highest BCUT2D eigenvalue weighted by Crippen LogP contribution is 2.38. The minimum Gasteiger partial charge on any atom is -0.394 e. The van der Waals surface area contributed by atoms with E-state index in [1.807, 2.05) is 0 Å². The second-order valence-corrected chi connectivity index (χ2v) is 5.53. The van der Waals surface area contributed by atoms with Crippen molar-refractivity contribution in [2.45, 2.75) is 24.5 Å². The number of nitrogens with zero attached hydrogens (tertiary/aromatic N) is 4. The van der Waals surface area contributed by atoms with Gasteiger partial charge in [0.2, 0.25) is 0 Å². The van der Waals surface area contributed by atoms with E-state index in [0.29, 0.717) is 11.2 Å². The molecule has 1 aliphatic heterocycles. The van der Waals surface area contributed by atoms with Crippen molar-refractivity contribution in [2.75, 3.05) is 19.5 Å². The first-order valence-corrected chi connectivity index (χ1v) is 7.75. The molecule has 4 N–H and O–H groups in total. The number of aliphatic hydroxyl groups is 1. The third-order valence-electron chi connectivity index (χ3n) is 3.61. The predicted molar refractivity (Wildman–Crippen MR) is 76.2 cm³/mol. The number of imidazole rings is 1. The molecule has 0 radical (unpaired) electrons. The number of anilines is 1. The van der Waals surface area contributed by atoms with E-state index >= 15 is 0 Å². The van der Waals surface area contributed by atoms with Gasteiger partial charge in [0.25, 0.3) is 0 Å². The van der Waals surface area contributed by atoms with E-state index in [1.165, 1.54) is 19.8 Å². The molecule has 2 aromatic rings. The van der Waals surface area contributed by atoms with Crippen molar-refractivity contribution < 1.29 is 28.6 Å². The Kier molecular flexibility index (Phi) is 4.48. The standard InChI is InChI=1S/C11H14N5O6P/c1-20-8-7(22-23(18)19)5(2-17)21-11(8)16-4-15-6-9(12)13-3-14-10(6)16/h3-5,7-8,11,17H,2H2,1H3,(H2-,12,13,14,18,19)/p+1/t5-,7+,8?,11-/m1/s1. The maximum atomic E-state index is 11.0. The molecular formula is C11H15N5O6P+. The number of aromatic nitrogens is 4. The van der Waals surface area contributed by atoms with Crippen molar-refractivity contribution in [2.24, 2.45) is 0 Å². The lowest BCUT2D eigenvalue weighted by Gasteiger charge is -2.19. The van der Waals surface area contributed by atoms with Gasteiger partial charge < -0.3 is 20.3 Å². The minimum atomic E-state index is -2.88. The topological polar surface area (TPSA) is 155 Å². The number of methoxy groups -OCH3 is 1. The number of ether oxygens (including phenoxy) is 2. The van der Waals surface area contributed by atoms with E-state index in [9.17, 15) is 9.67 Å². The number of hydrogen-bond acceptors (Lipinski definition) is 9. The smallest absolute Gasteiger partial charge is 0.394 e. The Hall–Kier alpha value is -1.75. The average molecular weight is 344 g/mol. The molecule has 12 heteroatoms. The molecule has 1 fully saturated rings. The van der Waals surface area contributed by atoms with Gasteiger partial charge in [-0.1, -0.05) is 0 Å². The molecule has 0 aliphatic carbocycles. The summed E-state index contributed by atoms with van der Waals surface area (Å²) in [5.74, 6) is 0.214. The zero-order valence-electron chi connectivity index (χ0n) is 12.0. The van der Waals surface area contributed by atoms with E-state index < -0.39 is 39.4 Å². The largest absolute Gasteiger partial charge is 0.695 e. The highest BCUT2D eigenvalue weighted by molar-refractivity contribution is 7.32. The number of fused-ring (bicyclic) bond motifs is 1. The normalized spacial score (nSPS) is 28.4. The summed E-state index contributed by atoms with van der Waals surface area (Å²) in [6.07, 6.45) is -0.562. The van der Waals surface area contributed by atoms with Crippen LogP contribution in [0.4, 0.5) is 5.82 Å². The second kappa shape index (κ2) is 6.40. The van der Waals surface area contributed by atoms with Gasteiger partial charge in [-0.2, -0.15) is 0 Å². The number of rotatable bonds is 5. The summed E-state index contributed by atoms with van der Waals surface area (Å²) in [6, 6.07) is 0. The fraction of sp³-hybridized carbons (Fsp3) is 0.545. The molecule has 23 heavy (non-hydrogen) atoms. The molecule has 2 aromatic heterocycles. The molecule has 0 aromatic carbocycles. The van der Waals surface area contributed by atoms with Crippen LogP contribution < -0.4 is 5.73 Å². The van der Waals surface area contributed by atoms with Gasteiger partial charge in [0.15, 0.2) is 23.8 Å². The first-order chi connectivity index (χ1) is 11.1. The maximum absolute atomic E-state index is 11.0. The van der Waals surface area contributed by atoms with E-state index in [4.69, 9.17) is 24.6 Å². The Balaban J connectivity index is 2.00. The molecular weight excluding hydrogens is 329 g/mol. The summed E-state index contributed by atoms with van der Waals surface area (Å²) in [7, 11) is -1.48. The highest BCUT2D eigenvalue weighted by atomic mass is 31.1. The molecule has 0 saturated carbocycles. The Morgan fingerprint density at radius 2 is 2.22 bits per heavy atom. The van der Waals surface area contributed by atoms with E-state index in [2.05, 4.69) is 15.0 Å². The summed E-state index contributed by atoms with van der Waals surface area (Å²) >= 11 is 0. The summed E-state index contributed by atoms with van der Waals surface area (Å²) in [5, 5.41) is 9.43. The predicted octanol–water partition coefficient (Wildman–Crippen LogP) is -0.652. The Bertz CT molecular complexity index is 726. The van der Waals surface area contributed by atoms with Gasteiger partial charge in [-0.15, -0.1) is 9.42 Å². The third kappa shape index (κ3) is 2.78. The molecule has 0 spiro atoms. The van der Waals surface area contributed by atoms with E-state index in [-0.39, 0.29) is 5.82 Å². The number of hydrogen-bond donors (Lipinski definition) is 3. The molecule has 3 heterocycles. The molecule has 1 aliphatic rings. The van der Waals surface area contributed by atoms with Crippen molar-refractivity contribution in [3.05, 3.63) is 12.7 Å². The minimum absolute atomic E-state index is 0.214. The molecule has 0 bridgehead atoms. The average Bonchev–Trinajstić information content (AvgIpc) is 3.08. The first-order valence-electron chi connectivity index (χ1n) is 6.61. The fourth-order valence-corrected chi connectivity index (χ4v) is 3.08. The van der Waals surface area contributed by atoms with Crippen LogP contribution >= 0.6 is 8.25 Å². The van der Waals surface area contributed by atoms with Gasteiger partial charge in [0.05, 0.1) is 12.9 Å². The zero-order chi connectivity index (χ0) is 16.6. The molecule has 11 nitrogen and oxygen atoms in total. The Morgan fingerprint density at radius 3 is 2.87 bits per heavy atom. The van der Waals surface area contributed by atoms with Gasteiger partial charge in [-0.05, 0) is 0 Å². The maximum Gasteiger partial charge on any atom is 0.695 e. The van der Waals surface area contributed by atoms with Crippen molar-refractivity contribution in [3.63, 3.8) is 0 Å². The van der Waals surface area contributed by atoms with Gasteiger partial charge in [0, 0.05) is 11.7 Å². The van der Waals surface area contributed by atoms with Crippen LogP contribution in [0, 0.1) is 0 Å². The third-order valence-corrected chi connectivity index (χ3v) is 4.03. The van der Waals surface area contributed by atoms with Gasteiger partial charge in [0.1, 0.15) is 24.1 Å². The number of nitrogen functional groups attached to an aromatic ring is 1. The van der Waals surface area contributed by atoms with Gasteiger partial charge in [-0.3, -0.25) is 4.57 Å². The summed E-state index contributed by atoms with van der Waals surface area (Å²) in [4.78, 5) is 21.1. The summed E-state index contributed by atoms with van der Waals surface area (Å²) < 4.78 is 28.6. The van der Waals surface area contributed by atoms with Gasteiger partial charge >= 0.3 is 8.25 Å². The SMILES string of the molecule is COC1[C@@H](O[P+](=O)O)[C@@H](CO)O[C@H]1n1cnc2c(N)ncnc21. The lowest BCUT2D eigenvalue weighted by atomic mass is 10.1. The molecule has 124 valence electrons. The van der Waals surface area contributed by atoms with Crippen LogP contribution in [-0.2, 0) is 18.6 Å². The van der Waals surface area contributed by atoms with Crippen molar-refractivity contribution in [1.29, 1.82) is 0 Å². The van der Waals surface area contributed by atoms with Gasteiger partial charge in [-0.25, -0.2) is 15.0 Å². The molecule has 3 rings (SSSR count). The Labute approximate surface area is 131 Å². The van der Waals surface area contributed by atoms with Crippen molar-refractivity contribution in [3.8, 4) is 0 Å². The quantitative estimate of drug-likeness (QED) is 0.596. The number of nitrogens with two attached hydrogens (primary N) is 1. The molecule has 0 amide bonds. The molecule has 5 atom stereocenters. The Morgan fingerprint density at radius 1 is 1.43 bits per heavy atom. The van der Waals surface area contributed by atoms with Crippen LogP contribution in [0.5, 0.6) is 0 Å². The van der Waals surface area contributed by atoms with Crippen LogP contribution in [0.1, 0.15) is 6.23 Å². The van der Waals surface area contributed by atoms with Crippen LogP contribution in [0.25, 0.3) is 11.2 Å². The fourth-order valence-electron chi connectivity index (χ4n) is 2.62.